The number of benzene rings is 3. The summed E-state index contributed by atoms with van der Waals surface area (Å²) >= 11 is 0. The number of aromatic nitrogens is 3. The van der Waals surface area contributed by atoms with Crippen molar-refractivity contribution < 1.29 is 14.5 Å². The number of non-ortho nitro benzene ring substituents is 1. The summed E-state index contributed by atoms with van der Waals surface area (Å²) in [6.07, 6.45) is 0. The number of pyridine rings is 1. The number of hydrogen-bond acceptors (Lipinski definition) is 6. The Bertz CT molecular complexity index is 1610. The van der Waals surface area contributed by atoms with Crippen molar-refractivity contribution in [3.8, 4) is 28.3 Å². The summed E-state index contributed by atoms with van der Waals surface area (Å²) in [5.74, 6) is 0.415. The van der Waals surface area contributed by atoms with Gasteiger partial charge in [0.25, 0.3) is 11.6 Å². The smallest absolute Gasteiger partial charge is 0.270 e. The summed E-state index contributed by atoms with van der Waals surface area (Å²) in [5, 5.41) is 22.1. The first-order chi connectivity index (χ1) is 17.9. The predicted octanol–water partition coefficient (Wildman–Crippen LogP) is 5.45. The van der Waals surface area contributed by atoms with Crippen molar-refractivity contribution in [2.24, 2.45) is 0 Å². The summed E-state index contributed by atoms with van der Waals surface area (Å²) in [7, 11) is 1.60. The van der Waals surface area contributed by atoms with Gasteiger partial charge in [0.05, 0.1) is 34.4 Å². The van der Waals surface area contributed by atoms with Crippen LogP contribution in [0.1, 0.15) is 21.5 Å². The van der Waals surface area contributed by atoms with E-state index in [-0.39, 0.29) is 11.6 Å². The molecule has 5 rings (SSSR count). The Balaban J connectivity index is 1.59. The van der Waals surface area contributed by atoms with Crippen LogP contribution in [-0.2, 0) is 6.54 Å². The van der Waals surface area contributed by atoms with Gasteiger partial charge in [-0.3, -0.25) is 20.0 Å². The third-order valence-corrected chi connectivity index (χ3v) is 6.07. The number of aryl methyl sites for hydroxylation is 1. The van der Waals surface area contributed by atoms with Gasteiger partial charge in [0.1, 0.15) is 5.75 Å². The third-order valence-electron chi connectivity index (χ3n) is 6.07. The number of aromatic amines is 1. The van der Waals surface area contributed by atoms with E-state index in [1.54, 1.807) is 25.3 Å². The zero-order valence-electron chi connectivity index (χ0n) is 20.2. The average Bonchev–Trinajstić information content (AvgIpc) is 3.36. The molecule has 37 heavy (non-hydrogen) atoms. The van der Waals surface area contributed by atoms with E-state index in [9.17, 15) is 14.9 Å². The lowest BCUT2D eigenvalue weighted by Gasteiger charge is -2.10. The van der Waals surface area contributed by atoms with Crippen molar-refractivity contribution in [2.75, 3.05) is 7.11 Å². The van der Waals surface area contributed by atoms with Gasteiger partial charge in [0, 0.05) is 29.8 Å². The van der Waals surface area contributed by atoms with E-state index >= 15 is 0 Å². The van der Waals surface area contributed by atoms with Gasteiger partial charge in [-0.2, -0.15) is 5.10 Å². The molecule has 0 spiro atoms. The Morgan fingerprint density at radius 1 is 1.03 bits per heavy atom. The van der Waals surface area contributed by atoms with E-state index in [1.165, 1.54) is 12.1 Å². The third kappa shape index (κ3) is 4.87. The molecule has 0 bridgehead atoms. The summed E-state index contributed by atoms with van der Waals surface area (Å²) < 4.78 is 5.20. The van der Waals surface area contributed by atoms with Crippen LogP contribution in [0.3, 0.4) is 0 Å². The minimum Gasteiger partial charge on any atom is -0.497 e. The number of carbonyl (C=O) groups is 1. The van der Waals surface area contributed by atoms with Crippen LogP contribution in [0.2, 0.25) is 0 Å². The quantitative estimate of drug-likeness (QED) is 0.230. The number of nitro groups is 1. The molecule has 0 unspecified atom stereocenters. The van der Waals surface area contributed by atoms with E-state index in [2.05, 4.69) is 20.5 Å². The number of carbonyl (C=O) groups excluding carboxylic acids is 1. The topological polar surface area (TPSA) is 123 Å². The maximum atomic E-state index is 13.5. The Morgan fingerprint density at radius 2 is 1.78 bits per heavy atom. The molecule has 2 aromatic heterocycles. The highest BCUT2D eigenvalue weighted by atomic mass is 16.6. The molecule has 1 amide bonds. The molecule has 0 saturated heterocycles. The second-order valence-electron chi connectivity index (χ2n) is 8.56. The van der Waals surface area contributed by atoms with E-state index in [0.29, 0.717) is 40.1 Å². The van der Waals surface area contributed by atoms with Crippen molar-refractivity contribution in [1.82, 2.24) is 20.5 Å². The molecule has 5 aromatic rings. The van der Waals surface area contributed by atoms with E-state index in [0.717, 1.165) is 22.4 Å². The molecule has 9 nitrogen and oxygen atoms in total. The second-order valence-corrected chi connectivity index (χ2v) is 8.56. The zero-order chi connectivity index (χ0) is 25.9. The number of nitrogens with one attached hydrogen (secondary N) is 2. The molecule has 2 N–H and O–H groups in total. The normalized spacial score (nSPS) is 10.9. The Hall–Kier alpha value is -5.05. The van der Waals surface area contributed by atoms with Crippen LogP contribution in [0.4, 0.5) is 5.69 Å². The van der Waals surface area contributed by atoms with E-state index in [4.69, 9.17) is 4.74 Å². The van der Waals surface area contributed by atoms with Crippen molar-refractivity contribution in [3.05, 3.63) is 106 Å². The molecule has 3 aromatic carbocycles. The van der Waals surface area contributed by atoms with Crippen LogP contribution in [0.25, 0.3) is 33.5 Å². The lowest BCUT2D eigenvalue weighted by molar-refractivity contribution is -0.384. The van der Waals surface area contributed by atoms with Gasteiger partial charge in [-0.05, 0) is 30.7 Å². The minimum absolute atomic E-state index is 0.0602. The second kappa shape index (κ2) is 9.90. The number of nitro benzene ring substituents is 1. The fourth-order valence-corrected chi connectivity index (χ4v) is 4.08. The number of rotatable bonds is 7. The van der Waals surface area contributed by atoms with Gasteiger partial charge in [-0.25, -0.2) is 4.98 Å². The molecule has 0 saturated carbocycles. The first-order valence-electron chi connectivity index (χ1n) is 11.5. The van der Waals surface area contributed by atoms with Gasteiger partial charge >= 0.3 is 0 Å². The first kappa shape index (κ1) is 23.7. The van der Waals surface area contributed by atoms with E-state index in [1.807, 2.05) is 55.5 Å². The van der Waals surface area contributed by atoms with Crippen LogP contribution in [0.5, 0.6) is 5.75 Å². The number of nitrogens with zero attached hydrogens (tertiary/aromatic N) is 3. The molecular formula is C28H23N5O4. The van der Waals surface area contributed by atoms with Gasteiger partial charge < -0.3 is 10.1 Å². The fraction of sp³-hybridized carbons (Fsp3) is 0.107. The van der Waals surface area contributed by atoms with Gasteiger partial charge in [-0.15, -0.1) is 0 Å². The lowest BCUT2D eigenvalue weighted by Crippen LogP contribution is -2.23. The summed E-state index contributed by atoms with van der Waals surface area (Å²) in [5.41, 5.74) is 5.12. The summed E-state index contributed by atoms with van der Waals surface area (Å²) in [6, 6.07) is 23.2. The van der Waals surface area contributed by atoms with Gasteiger partial charge in [0.15, 0.2) is 5.65 Å². The molecule has 0 atom stereocenters. The largest absolute Gasteiger partial charge is 0.497 e. The molecule has 0 fully saturated rings. The van der Waals surface area contributed by atoms with Crippen LogP contribution in [0.15, 0.2) is 78.9 Å². The SMILES string of the molecule is COc1ccc(CNC(=O)c2cc(-c3ccc(C)cc3)nc3n[nH]c(-c4cccc([N+](=O)[O-])c4)c23)cc1. The summed E-state index contributed by atoms with van der Waals surface area (Å²) in [6.45, 7) is 2.30. The standard InChI is InChI=1S/C28H23N5O4/c1-17-6-10-19(11-7-17)24-15-23(28(34)29-16-18-8-12-22(37-2)13-9-18)25-26(31-32-27(25)30-24)20-4-3-5-21(14-20)33(35)36/h3-15H,16H2,1-2H3,(H,29,34)(H,30,31,32). The molecule has 184 valence electrons. The van der Waals surface area contributed by atoms with Crippen LogP contribution in [0, 0.1) is 17.0 Å². The number of ether oxygens (including phenoxy) is 1. The molecular weight excluding hydrogens is 470 g/mol. The maximum Gasteiger partial charge on any atom is 0.270 e. The minimum atomic E-state index is -0.460. The molecule has 9 heteroatoms. The van der Waals surface area contributed by atoms with Gasteiger partial charge in [-0.1, -0.05) is 54.1 Å². The molecule has 2 heterocycles. The lowest BCUT2D eigenvalue weighted by atomic mass is 10.0. The van der Waals surface area contributed by atoms with Crippen LogP contribution >= 0.6 is 0 Å². The number of hydrogen-bond donors (Lipinski definition) is 2. The van der Waals surface area contributed by atoms with Crippen molar-refractivity contribution in [1.29, 1.82) is 0 Å². The monoisotopic (exact) mass is 493 g/mol. The molecule has 0 aliphatic rings. The van der Waals surface area contributed by atoms with Crippen LogP contribution < -0.4 is 10.1 Å². The highest BCUT2D eigenvalue weighted by molar-refractivity contribution is 6.11. The molecule has 0 aliphatic heterocycles. The average molecular weight is 494 g/mol. The van der Waals surface area contributed by atoms with Crippen molar-refractivity contribution >= 4 is 22.6 Å². The zero-order valence-corrected chi connectivity index (χ0v) is 20.2. The molecule has 0 radical (unpaired) electrons. The molecule has 0 aliphatic carbocycles. The van der Waals surface area contributed by atoms with Gasteiger partial charge in [0.2, 0.25) is 0 Å². The van der Waals surface area contributed by atoms with Crippen molar-refractivity contribution in [2.45, 2.75) is 13.5 Å². The Labute approximate surface area is 212 Å². The highest BCUT2D eigenvalue weighted by Gasteiger charge is 2.21. The number of fused-ring (bicyclic) bond motifs is 1. The predicted molar refractivity (Wildman–Crippen MR) is 140 cm³/mol. The Kier molecular flexibility index (Phi) is 6.34. The Morgan fingerprint density at radius 3 is 2.49 bits per heavy atom. The van der Waals surface area contributed by atoms with Crippen LogP contribution in [-0.4, -0.2) is 33.1 Å². The number of H-pyrrole nitrogens is 1. The summed E-state index contributed by atoms with van der Waals surface area (Å²) in [4.78, 5) is 29.1. The van der Waals surface area contributed by atoms with Crippen molar-refractivity contribution in [3.63, 3.8) is 0 Å². The highest BCUT2D eigenvalue weighted by Crippen LogP contribution is 2.33. The fourth-order valence-electron chi connectivity index (χ4n) is 4.08. The maximum absolute atomic E-state index is 13.5. The number of methoxy groups -OCH3 is 1. The van der Waals surface area contributed by atoms with E-state index < -0.39 is 4.92 Å². The number of amides is 1. The first-order valence-corrected chi connectivity index (χ1v) is 11.5.